The number of nitrogens with zero attached hydrogens (tertiary/aromatic N) is 3. The highest BCUT2D eigenvalue weighted by atomic mass is 32.2. The Balaban J connectivity index is 1.63. The van der Waals surface area contributed by atoms with Crippen LogP contribution in [0.15, 0.2) is 53.4 Å². The predicted octanol–water partition coefficient (Wildman–Crippen LogP) is 4.20. The summed E-state index contributed by atoms with van der Waals surface area (Å²) in [4.78, 5) is 21.5. The summed E-state index contributed by atoms with van der Waals surface area (Å²) in [7, 11) is -4.34. The largest absolute Gasteiger partial charge is 0.465 e. The second-order valence-corrected chi connectivity index (χ2v) is 11.4. The number of rotatable bonds is 6. The molecule has 1 saturated carbocycles. The molecule has 2 heterocycles. The van der Waals surface area contributed by atoms with Crippen LogP contribution in [0.2, 0.25) is 0 Å². The van der Waals surface area contributed by atoms with Crippen molar-refractivity contribution in [3.05, 3.63) is 65.9 Å². The molecule has 0 unspecified atom stereocenters. The third-order valence-corrected chi connectivity index (χ3v) is 9.18. The summed E-state index contributed by atoms with van der Waals surface area (Å²) in [5.41, 5.74) is 1.07. The lowest BCUT2D eigenvalue weighted by atomic mass is 10.1. The summed E-state index contributed by atoms with van der Waals surface area (Å²) in [6.45, 7) is 3.41. The number of anilines is 2. The minimum Gasteiger partial charge on any atom is -0.465 e. The molecule has 0 bridgehead atoms. The van der Waals surface area contributed by atoms with E-state index < -0.39 is 37.2 Å². The molecule has 1 atom stereocenters. The van der Waals surface area contributed by atoms with Crippen molar-refractivity contribution in [1.29, 1.82) is 0 Å². The zero-order valence-corrected chi connectivity index (χ0v) is 20.6. The fourth-order valence-corrected chi connectivity index (χ4v) is 6.54. The summed E-state index contributed by atoms with van der Waals surface area (Å²) in [5.74, 6) is -1.15. The van der Waals surface area contributed by atoms with E-state index in [1.165, 1.54) is 0 Å². The SMILES string of the molecule is C[C@H]1COCCN1c1cc(C2(S(=O)(=O)c3cc(F)ccc3F)CC2)nc(-c2ccc(NC(=O)O)cc2)n1. The van der Waals surface area contributed by atoms with E-state index in [1.54, 1.807) is 30.3 Å². The quantitative estimate of drug-likeness (QED) is 0.486. The molecule has 0 radical (unpaired) electrons. The number of nitrogens with one attached hydrogen (secondary N) is 1. The van der Waals surface area contributed by atoms with E-state index in [0.717, 1.165) is 12.1 Å². The predicted molar refractivity (Wildman–Crippen MR) is 131 cm³/mol. The number of benzene rings is 2. The average Bonchev–Trinajstić information content (AvgIpc) is 3.68. The van der Waals surface area contributed by atoms with Crippen LogP contribution in [0.25, 0.3) is 11.4 Å². The van der Waals surface area contributed by atoms with Crippen LogP contribution in [0.5, 0.6) is 0 Å². The molecule has 1 aromatic heterocycles. The van der Waals surface area contributed by atoms with Crippen LogP contribution < -0.4 is 10.2 Å². The average molecular weight is 531 g/mol. The second kappa shape index (κ2) is 9.34. The molecule has 1 aliphatic heterocycles. The first-order valence-electron chi connectivity index (χ1n) is 11.6. The van der Waals surface area contributed by atoms with Gasteiger partial charge in [0.15, 0.2) is 15.7 Å². The Bertz CT molecular complexity index is 1460. The Morgan fingerprint density at radius 3 is 2.51 bits per heavy atom. The van der Waals surface area contributed by atoms with Crippen LogP contribution in [-0.4, -0.2) is 55.4 Å². The first-order chi connectivity index (χ1) is 17.6. The van der Waals surface area contributed by atoms with E-state index in [2.05, 4.69) is 15.3 Å². The molecule has 1 amide bonds. The van der Waals surface area contributed by atoms with E-state index in [4.69, 9.17) is 9.84 Å². The van der Waals surface area contributed by atoms with Gasteiger partial charge in [-0.3, -0.25) is 5.32 Å². The van der Waals surface area contributed by atoms with Crippen LogP contribution in [0.3, 0.4) is 0 Å². The monoisotopic (exact) mass is 530 g/mol. The van der Waals surface area contributed by atoms with Crippen molar-refractivity contribution in [1.82, 2.24) is 9.97 Å². The molecule has 2 aliphatic rings. The van der Waals surface area contributed by atoms with Crippen molar-refractivity contribution in [2.24, 2.45) is 0 Å². The number of carboxylic acid groups (broad SMARTS) is 1. The van der Waals surface area contributed by atoms with E-state index in [-0.39, 0.29) is 30.4 Å². The Hall–Kier alpha value is -3.64. The summed E-state index contributed by atoms with van der Waals surface area (Å²) in [6.07, 6.45) is -0.817. The fraction of sp³-hybridized carbons (Fsp3) is 0.320. The fourth-order valence-electron chi connectivity index (χ4n) is 4.51. The van der Waals surface area contributed by atoms with Crippen LogP contribution >= 0.6 is 0 Å². The molecule has 1 aliphatic carbocycles. The number of sulfone groups is 1. The molecular formula is C25H24F2N4O5S. The Kier molecular flexibility index (Phi) is 6.32. The number of carbonyl (C=O) groups is 1. The number of hydrogen-bond acceptors (Lipinski definition) is 7. The third kappa shape index (κ3) is 4.62. The second-order valence-electron chi connectivity index (χ2n) is 9.13. The van der Waals surface area contributed by atoms with Gasteiger partial charge >= 0.3 is 6.09 Å². The molecule has 194 valence electrons. The van der Waals surface area contributed by atoms with Crippen molar-refractivity contribution in [2.75, 3.05) is 30.0 Å². The zero-order chi connectivity index (χ0) is 26.4. The Labute approximate surface area is 212 Å². The first-order valence-corrected chi connectivity index (χ1v) is 13.1. The van der Waals surface area contributed by atoms with Gasteiger partial charge in [-0.1, -0.05) is 0 Å². The lowest BCUT2D eigenvalue weighted by molar-refractivity contribution is 0.0985. The normalized spacial score (nSPS) is 18.9. The van der Waals surface area contributed by atoms with Gasteiger partial charge in [0.05, 0.1) is 24.9 Å². The first kappa shape index (κ1) is 25.0. The van der Waals surface area contributed by atoms with E-state index in [9.17, 15) is 22.0 Å². The van der Waals surface area contributed by atoms with Crippen LogP contribution in [0.1, 0.15) is 25.5 Å². The van der Waals surface area contributed by atoms with Gasteiger partial charge in [0.25, 0.3) is 0 Å². The maximum Gasteiger partial charge on any atom is 0.409 e. The van der Waals surface area contributed by atoms with Gasteiger partial charge in [-0.15, -0.1) is 0 Å². The number of morpholine rings is 1. The minimum absolute atomic E-state index is 0.0427. The van der Waals surface area contributed by atoms with Crippen LogP contribution in [-0.2, 0) is 19.3 Å². The van der Waals surface area contributed by atoms with Gasteiger partial charge in [-0.05, 0) is 62.2 Å². The maximum absolute atomic E-state index is 14.6. The molecule has 1 saturated heterocycles. The Morgan fingerprint density at radius 1 is 1.14 bits per heavy atom. The van der Waals surface area contributed by atoms with Crippen LogP contribution in [0.4, 0.5) is 25.1 Å². The highest BCUT2D eigenvalue weighted by molar-refractivity contribution is 7.92. The summed E-state index contributed by atoms with van der Waals surface area (Å²) in [6, 6.07) is 10.3. The highest BCUT2D eigenvalue weighted by Gasteiger charge is 2.58. The van der Waals surface area contributed by atoms with Crippen molar-refractivity contribution < 1.29 is 31.8 Å². The topological polar surface area (TPSA) is 122 Å². The third-order valence-electron chi connectivity index (χ3n) is 6.64. The molecular weight excluding hydrogens is 506 g/mol. The summed E-state index contributed by atoms with van der Waals surface area (Å²) in [5, 5.41) is 11.2. The molecule has 12 heteroatoms. The smallest absolute Gasteiger partial charge is 0.409 e. The van der Waals surface area contributed by atoms with Gasteiger partial charge in [-0.25, -0.2) is 32.0 Å². The lowest BCUT2D eigenvalue weighted by Crippen LogP contribution is -2.44. The lowest BCUT2D eigenvalue weighted by Gasteiger charge is -2.34. The minimum atomic E-state index is -4.34. The van der Waals surface area contributed by atoms with E-state index in [0.29, 0.717) is 42.9 Å². The summed E-state index contributed by atoms with van der Waals surface area (Å²) >= 11 is 0. The van der Waals surface area contributed by atoms with Gasteiger partial charge in [0.1, 0.15) is 27.1 Å². The maximum atomic E-state index is 14.6. The van der Waals surface area contributed by atoms with Crippen molar-refractivity contribution >= 4 is 27.4 Å². The molecule has 2 fully saturated rings. The Morgan fingerprint density at radius 2 is 1.86 bits per heavy atom. The number of aromatic nitrogens is 2. The number of amides is 1. The molecule has 37 heavy (non-hydrogen) atoms. The molecule has 2 aromatic carbocycles. The van der Waals surface area contributed by atoms with Gasteiger partial charge in [-0.2, -0.15) is 0 Å². The van der Waals surface area contributed by atoms with E-state index >= 15 is 0 Å². The van der Waals surface area contributed by atoms with Gasteiger partial charge < -0.3 is 14.7 Å². The van der Waals surface area contributed by atoms with Gasteiger partial charge in [0.2, 0.25) is 0 Å². The van der Waals surface area contributed by atoms with Crippen molar-refractivity contribution in [2.45, 2.75) is 35.4 Å². The van der Waals surface area contributed by atoms with E-state index in [1.807, 2.05) is 11.8 Å². The van der Waals surface area contributed by atoms with Gasteiger partial charge in [0, 0.05) is 23.9 Å². The molecule has 2 N–H and O–H groups in total. The molecule has 5 rings (SSSR count). The zero-order valence-electron chi connectivity index (χ0n) is 19.8. The van der Waals surface area contributed by atoms with Crippen LogP contribution in [0, 0.1) is 11.6 Å². The number of ether oxygens (including phenoxy) is 1. The van der Waals surface area contributed by atoms with Crippen molar-refractivity contribution in [3.8, 4) is 11.4 Å². The standard InChI is InChI=1S/C25H24F2N4O5S/c1-15-14-36-11-10-31(15)22-13-21(29-23(30-22)16-2-5-18(6-3-16)28-24(32)33)25(8-9-25)37(34,35)20-12-17(26)4-7-19(20)27/h2-7,12-13,15,28H,8-11,14H2,1H3,(H,32,33)/t15-/m0/s1. The van der Waals surface area contributed by atoms with Crippen molar-refractivity contribution in [3.63, 3.8) is 0 Å². The summed E-state index contributed by atoms with van der Waals surface area (Å²) < 4.78 is 59.9. The highest BCUT2D eigenvalue weighted by Crippen LogP contribution is 2.55. The number of hydrogen-bond donors (Lipinski definition) is 2. The molecule has 3 aromatic rings. The molecule has 9 nitrogen and oxygen atoms in total. The number of halogens is 2. The molecule has 0 spiro atoms.